The standard InChI is InChI=1S/C16H16N4O2/c1-22-8-7-17-15-5-6-16-18-10-14(20(16)19-15)13-4-2-3-12(9-13)11-21/h2-6,9-11H,7-8H2,1H3,(H,17,19). The molecule has 6 heteroatoms. The number of imidazole rings is 1. The molecule has 6 nitrogen and oxygen atoms in total. The molecule has 1 N–H and O–H groups in total. The summed E-state index contributed by atoms with van der Waals surface area (Å²) in [5.74, 6) is 0.746. The predicted octanol–water partition coefficient (Wildman–Crippen LogP) is 2.27. The van der Waals surface area contributed by atoms with E-state index >= 15 is 0 Å². The van der Waals surface area contributed by atoms with Crippen molar-refractivity contribution in [2.45, 2.75) is 0 Å². The first-order valence-corrected chi connectivity index (χ1v) is 6.95. The lowest BCUT2D eigenvalue weighted by molar-refractivity contribution is 0.112. The van der Waals surface area contributed by atoms with Crippen LogP contribution in [0.3, 0.4) is 0 Å². The van der Waals surface area contributed by atoms with Crippen LogP contribution in [0.2, 0.25) is 0 Å². The van der Waals surface area contributed by atoms with E-state index in [1.54, 1.807) is 23.9 Å². The topological polar surface area (TPSA) is 68.5 Å². The average Bonchev–Trinajstić information content (AvgIpc) is 2.98. The summed E-state index contributed by atoms with van der Waals surface area (Å²) in [5.41, 5.74) is 3.12. The van der Waals surface area contributed by atoms with Crippen LogP contribution in [-0.4, -0.2) is 41.1 Å². The highest BCUT2D eigenvalue weighted by Crippen LogP contribution is 2.21. The number of rotatable bonds is 6. The minimum Gasteiger partial charge on any atom is -0.383 e. The Morgan fingerprint density at radius 3 is 3.05 bits per heavy atom. The molecule has 3 aromatic rings. The molecule has 2 heterocycles. The number of benzene rings is 1. The van der Waals surface area contributed by atoms with Crippen LogP contribution in [0.1, 0.15) is 10.4 Å². The molecule has 3 rings (SSSR count). The quantitative estimate of drug-likeness (QED) is 0.558. The third-order valence-electron chi connectivity index (χ3n) is 3.29. The van der Waals surface area contributed by atoms with Gasteiger partial charge in [0.05, 0.1) is 18.5 Å². The number of methoxy groups -OCH3 is 1. The number of hydrogen-bond donors (Lipinski definition) is 1. The van der Waals surface area contributed by atoms with Crippen LogP contribution in [0.15, 0.2) is 42.6 Å². The Hall–Kier alpha value is -2.73. The van der Waals surface area contributed by atoms with Crippen molar-refractivity contribution in [2.75, 3.05) is 25.6 Å². The van der Waals surface area contributed by atoms with Gasteiger partial charge in [0.15, 0.2) is 5.65 Å². The molecule has 0 amide bonds. The van der Waals surface area contributed by atoms with Crippen LogP contribution >= 0.6 is 0 Å². The largest absolute Gasteiger partial charge is 0.383 e. The van der Waals surface area contributed by atoms with Crippen LogP contribution in [-0.2, 0) is 4.74 Å². The van der Waals surface area contributed by atoms with Crippen molar-refractivity contribution >= 4 is 17.8 Å². The maximum atomic E-state index is 10.9. The lowest BCUT2D eigenvalue weighted by Crippen LogP contribution is -2.10. The van der Waals surface area contributed by atoms with E-state index in [0.717, 1.165) is 29.0 Å². The Bertz CT molecular complexity index is 798. The van der Waals surface area contributed by atoms with Gasteiger partial charge < -0.3 is 10.1 Å². The predicted molar refractivity (Wildman–Crippen MR) is 84.2 cm³/mol. The van der Waals surface area contributed by atoms with Gasteiger partial charge >= 0.3 is 0 Å². The first-order chi connectivity index (χ1) is 10.8. The fourth-order valence-electron chi connectivity index (χ4n) is 2.22. The SMILES string of the molecule is COCCNc1ccc2ncc(-c3cccc(C=O)c3)n2n1. The zero-order chi connectivity index (χ0) is 15.4. The Morgan fingerprint density at radius 1 is 1.32 bits per heavy atom. The number of aldehydes is 1. The van der Waals surface area contributed by atoms with Gasteiger partial charge in [-0.1, -0.05) is 18.2 Å². The van der Waals surface area contributed by atoms with Crippen LogP contribution < -0.4 is 5.32 Å². The minimum absolute atomic E-state index is 0.609. The van der Waals surface area contributed by atoms with Crippen molar-refractivity contribution in [1.82, 2.24) is 14.6 Å². The Morgan fingerprint density at radius 2 is 2.23 bits per heavy atom. The number of nitrogens with one attached hydrogen (secondary N) is 1. The smallest absolute Gasteiger partial charge is 0.154 e. The van der Waals surface area contributed by atoms with Gasteiger partial charge in [0.2, 0.25) is 0 Å². The number of anilines is 1. The molecule has 0 aliphatic heterocycles. The number of fused-ring (bicyclic) bond motifs is 1. The number of carbonyl (C=O) groups excluding carboxylic acids is 1. The monoisotopic (exact) mass is 296 g/mol. The lowest BCUT2D eigenvalue weighted by atomic mass is 10.1. The highest BCUT2D eigenvalue weighted by atomic mass is 16.5. The highest BCUT2D eigenvalue weighted by molar-refractivity contribution is 5.78. The number of nitrogens with zero attached hydrogens (tertiary/aromatic N) is 3. The van der Waals surface area contributed by atoms with Crippen LogP contribution in [0.25, 0.3) is 16.9 Å². The van der Waals surface area contributed by atoms with Crippen LogP contribution in [0, 0.1) is 0 Å². The molecular formula is C16H16N4O2. The second kappa shape index (κ2) is 6.36. The highest BCUT2D eigenvalue weighted by Gasteiger charge is 2.08. The van der Waals surface area contributed by atoms with Gasteiger partial charge in [-0.15, -0.1) is 5.10 Å². The normalized spacial score (nSPS) is 10.8. The third kappa shape index (κ3) is 2.82. The molecule has 112 valence electrons. The van der Waals surface area contributed by atoms with Gasteiger partial charge in [0.25, 0.3) is 0 Å². The summed E-state index contributed by atoms with van der Waals surface area (Å²) < 4.78 is 6.78. The van der Waals surface area contributed by atoms with E-state index in [9.17, 15) is 4.79 Å². The molecule has 0 atom stereocenters. The van der Waals surface area contributed by atoms with E-state index in [1.807, 2.05) is 30.3 Å². The van der Waals surface area contributed by atoms with Crippen LogP contribution in [0.5, 0.6) is 0 Å². The van der Waals surface area contributed by atoms with Crippen molar-refractivity contribution in [3.63, 3.8) is 0 Å². The van der Waals surface area contributed by atoms with Gasteiger partial charge in [-0.3, -0.25) is 4.79 Å². The van der Waals surface area contributed by atoms with Gasteiger partial charge in [0, 0.05) is 24.8 Å². The molecule has 0 bridgehead atoms. The second-order valence-corrected chi connectivity index (χ2v) is 4.79. The summed E-state index contributed by atoms with van der Waals surface area (Å²) in [7, 11) is 1.66. The van der Waals surface area contributed by atoms with Gasteiger partial charge in [-0.25, -0.2) is 9.50 Å². The van der Waals surface area contributed by atoms with Gasteiger partial charge in [0.1, 0.15) is 12.1 Å². The maximum Gasteiger partial charge on any atom is 0.154 e. The molecule has 2 aromatic heterocycles. The van der Waals surface area contributed by atoms with E-state index in [0.29, 0.717) is 18.7 Å². The van der Waals surface area contributed by atoms with E-state index < -0.39 is 0 Å². The molecule has 1 aromatic carbocycles. The van der Waals surface area contributed by atoms with Crippen molar-refractivity contribution < 1.29 is 9.53 Å². The fraction of sp³-hybridized carbons (Fsp3) is 0.188. The molecule has 22 heavy (non-hydrogen) atoms. The molecule has 0 fully saturated rings. The molecule has 0 aliphatic carbocycles. The lowest BCUT2D eigenvalue weighted by Gasteiger charge is -2.06. The molecule has 0 saturated carbocycles. The van der Waals surface area contributed by atoms with Crippen molar-refractivity contribution in [1.29, 1.82) is 0 Å². The second-order valence-electron chi connectivity index (χ2n) is 4.79. The van der Waals surface area contributed by atoms with E-state index in [2.05, 4.69) is 15.4 Å². The van der Waals surface area contributed by atoms with E-state index in [4.69, 9.17) is 4.74 Å². The van der Waals surface area contributed by atoms with E-state index in [-0.39, 0.29) is 0 Å². The first kappa shape index (κ1) is 14.2. The first-order valence-electron chi connectivity index (χ1n) is 6.95. The van der Waals surface area contributed by atoms with E-state index in [1.165, 1.54) is 0 Å². The zero-order valence-electron chi connectivity index (χ0n) is 12.2. The third-order valence-corrected chi connectivity index (χ3v) is 3.29. The maximum absolute atomic E-state index is 10.9. The summed E-state index contributed by atoms with van der Waals surface area (Å²) in [6, 6.07) is 11.1. The molecule has 0 radical (unpaired) electrons. The molecule has 0 aliphatic rings. The minimum atomic E-state index is 0.609. The Kier molecular flexibility index (Phi) is 4.11. The molecule has 0 saturated heterocycles. The van der Waals surface area contributed by atoms with Crippen molar-refractivity contribution in [3.05, 3.63) is 48.2 Å². The molecule has 0 unspecified atom stereocenters. The summed E-state index contributed by atoms with van der Waals surface area (Å²) in [6.07, 6.45) is 2.59. The van der Waals surface area contributed by atoms with Crippen molar-refractivity contribution in [3.8, 4) is 11.3 Å². The summed E-state index contributed by atoms with van der Waals surface area (Å²) in [4.78, 5) is 15.3. The molecule has 0 spiro atoms. The summed E-state index contributed by atoms with van der Waals surface area (Å²) in [5, 5.41) is 7.73. The zero-order valence-corrected chi connectivity index (χ0v) is 12.2. The summed E-state index contributed by atoms with van der Waals surface area (Å²) in [6.45, 7) is 1.29. The summed E-state index contributed by atoms with van der Waals surface area (Å²) >= 11 is 0. The Balaban J connectivity index is 1.98. The number of hydrogen-bond acceptors (Lipinski definition) is 5. The number of carbonyl (C=O) groups is 1. The number of aromatic nitrogens is 3. The average molecular weight is 296 g/mol. The number of ether oxygens (including phenoxy) is 1. The molecular weight excluding hydrogens is 280 g/mol. The van der Waals surface area contributed by atoms with Crippen molar-refractivity contribution in [2.24, 2.45) is 0 Å². The van der Waals surface area contributed by atoms with Gasteiger partial charge in [-0.05, 0) is 18.2 Å². The van der Waals surface area contributed by atoms with Gasteiger partial charge in [-0.2, -0.15) is 0 Å². The fourth-order valence-corrected chi connectivity index (χ4v) is 2.22. The Labute approximate surface area is 127 Å². The van der Waals surface area contributed by atoms with Crippen LogP contribution in [0.4, 0.5) is 5.82 Å².